The second-order valence-corrected chi connectivity index (χ2v) is 14.6. The highest BCUT2D eigenvalue weighted by molar-refractivity contribution is 6.07. The first-order valence-corrected chi connectivity index (χ1v) is 19.3. The number of hydrogen-bond acceptors (Lipinski definition) is 3. The molecule has 0 saturated carbocycles. The van der Waals surface area contributed by atoms with E-state index in [1.165, 1.54) is 0 Å². The van der Waals surface area contributed by atoms with Crippen molar-refractivity contribution < 1.29 is 8.83 Å². The third-order valence-corrected chi connectivity index (χ3v) is 11.0. The van der Waals surface area contributed by atoms with Crippen molar-refractivity contribution in [1.29, 1.82) is 0 Å². The lowest BCUT2D eigenvalue weighted by Gasteiger charge is -2.26. The van der Waals surface area contributed by atoms with Crippen molar-refractivity contribution in [2.45, 2.75) is 0 Å². The Kier molecular flexibility index (Phi) is 7.82. The fraction of sp³-hybridized carbons (Fsp3) is 0. The van der Waals surface area contributed by atoms with Crippen LogP contribution in [0.25, 0.3) is 88.4 Å². The van der Waals surface area contributed by atoms with Crippen LogP contribution < -0.4 is 4.90 Å². The summed E-state index contributed by atoms with van der Waals surface area (Å²) in [4.78, 5) is 2.34. The lowest BCUT2D eigenvalue weighted by molar-refractivity contribution is 0.668. The third kappa shape index (κ3) is 5.94. The molecular formula is C54H35NO2. The van der Waals surface area contributed by atoms with Gasteiger partial charge in [0.25, 0.3) is 0 Å². The van der Waals surface area contributed by atoms with Crippen molar-refractivity contribution >= 4 is 60.9 Å². The highest BCUT2D eigenvalue weighted by Crippen LogP contribution is 2.40. The SMILES string of the molecule is c1ccc(N(c2cccc(-c3cccc(-c4ccc5oc6ccccc6c5c4)c3)c2)c2cccc(-c3cccc(-c4ccc5oc6ccccc6c5c4)c3)c2)cc1. The van der Waals surface area contributed by atoms with Crippen LogP contribution in [-0.4, -0.2) is 0 Å². The summed E-state index contributed by atoms with van der Waals surface area (Å²) < 4.78 is 12.2. The molecule has 9 aromatic carbocycles. The molecule has 57 heavy (non-hydrogen) atoms. The zero-order valence-corrected chi connectivity index (χ0v) is 31.0. The summed E-state index contributed by atoms with van der Waals surface area (Å²) in [6.45, 7) is 0. The number of para-hydroxylation sites is 3. The summed E-state index contributed by atoms with van der Waals surface area (Å²) in [5.74, 6) is 0. The van der Waals surface area contributed by atoms with Gasteiger partial charge in [0.05, 0.1) is 0 Å². The largest absolute Gasteiger partial charge is 0.456 e. The maximum atomic E-state index is 6.12. The van der Waals surface area contributed by atoms with Gasteiger partial charge in [0, 0.05) is 38.6 Å². The van der Waals surface area contributed by atoms with Gasteiger partial charge in [0.2, 0.25) is 0 Å². The van der Waals surface area contributed by atoms with Crippen LogP contribution in [0.3, 0.4) is 0 Å². The number of benzene rings is 9. The molecule has 0 saturated heterocycles. The van der Waals surface area contributed by atoms with Gasteiger partial charge in [0.15, 0.2) is 0 Å². The van der Waals surface area contributed by atoms with E-state index in [4.69, 9.17) is 8.83 Å². The number of rotatable bonds is 7. The molecule has 0 radical (unpaired) electrons. The monoisotopic (exact) mass is 729 g/mol. The maximum absolute atomic E-state index is 6.12. The Morgan fingerprint density at radius 1 is 0.228 bits per heavy atom. The van der Waals surface area contributed by atoms with Crippen LogP contribution in [0.1, 0.15) is 0 Å². The molecule has 3 nitrogen and oxygen atoms in total. The van der Waals surface area contributed by atoms with Crippen molar-refractivity contribution in [3.8, 4) is 44.5 Å². The molecule has 3 heteroatoms. The average molecular weight is 730 g/mol. The zero-order valence-electron chi connectivity index (χ0n) is 31.0. The lowest BCUT2D eigenvalue weighted by Crippen LogP contribution is -2.10. The Labute approximate surface area is 330 Å². The summed E-state index contributed by atoms with van der Waals surface area (Å²) >= 11 is 0. The molecule has 0 bridgehead atoms. The predicted molar refractivity (Wildman–Crippen MR) is 237 cm³/mol. The summed E-state index contributed by atoms with van der Waals surface area (Å²) in [5, 5.41) is 4.54. The van der Waals surface area contributed by atoms with E-state index in [1.54, 1.807) is 0 Å². The van der Waals surface area contributed by atoms with Gasteiger partial charge >= 0.3 is 0 Å². The van der Waals surface area contributed by atoms with E-state index < -0.39 is 0 Å². The summed E-state index contributed by atoms with van der Waals surface area (Å²) in [7, 11) is 0. The Hall–Kier alpha value is -7.62. The Balaban J connectivity index is 0.952. The van der Waals surface area contributed by atoms with Crippen LogP contribution in [0.2, 0.25) is 0 Å². The molecule has 2 aromatic heterocycles. The fourth-order valence-electron chi connectivity index (χ4n) is 8.24. The molecule has 0 atom stereocenters. The van der Waals surface area contributed by atoms with Crippen LogP contribution in [0.15, 0.2) is 221 Å². The quantitative estimate of drug-likeness (QED) is 0.164. The second-order valence-electron chi connectivity index (χ2n) is 14.6. The first-order valence-electron chi connectivity index (χ1n) is 19.3. The number of furan rings is 2. The highest BCUT2D eigenvalue weighted by Gasteiger charge is 2.16. The van der Waals surface area contributed by atoms with E-state index in [-0.39, 0.29) is 0 Å². The van der Waals surface area contributed by atoms with Crippen molar-refractivity contribution in [3.05, 3.63) is 212 Å². The molecule has 0 aliphatic carbocycles. The van der Waals surface area contributed by atoms with E-state index in [9.17, 15) is 0 Å². The average Bonchev–Trinajstić information content (AvgIpc) is 3.85. The molecule has 0 aliphatic rings. The summed E-state index contributed by atoms with van der Waals surface area (Å²) in [6, 6.07) is 75.4. The smallest absolute Gasteiger partial charge is 0.135 e. The van der Waals surface area contributed by atoms with Gasteiger partial charge in [-0.3, -0.25) is 0 Å². The van der Waals surface area contributed by atoms with Gasteiger partial charge in [-0.1, -0.05) is 127 Å². The van der Waals surface area contributed by atoms with Gasteiger partial charge < -0.3 is 13.7 Å². The Bertz CT molecular complexity index is 3060. The van der Waals surface area contributed by atoms with E-state index in [0.29, 0.717) is 0 Å². The first-order chi connectivity index (χ1) is 28.2. The molecule has 0 amide bonds. The van der Waals surface area contributed by atoms with Gasteiger partial charge in [-0.2, -0.15) is 0 Å². The number of hydrogen-bond donors (Lipinski definition) is 0. The lowest BCUT2D eigenvalue weighted by atomic mass is 9.97. The predicted octanol–water partition coefficient (Wildman–Crippen LogP) is 15.6. The molecular weight excluding hydrogens is 695 g/mol. The van der Waals surface area contributed by atoms with Crippen molar-refractivity contribution in [2.75, 3.05) is 4.90 Å². The number of nitrogens with zero attached hydrogens (tertiary/aromatic N) is 1. The van der Waals surface area contributed by atoms with Gasteiger partial charge in [-0.05, 0) is 129 Å². The highest BCUT2D eigenvalue weighted by atomic mass is 16.3. The molecule has 268 valence electrons. The minimum Gasteiger partial charge on any atom is -0.456 e. The summed E-state index contributed by atoms with van der Waals surface area (Å²) in [5.41, 5.74) is 16.2. The molecule has 11 rings (SSSR count). The van der Waals surface area contributed by atoms with Crippen molar-refractivity contribution in [3.63, 3.8) is 0 Å². The number of anilines is 3. The molecule has 0 spiro atoms. The van der Waals surface area contributed by atoms with Gasteiger partial charge in [-0.25, -0.2) is 0 Å². The molecule has 0 aliphatic heterocycles. The molecule has 11 aromatic rings. The Morgan fingerprint density at radius 3 is 1.05 bits per heavy atom. The van der Waals surface area contributed by atoms with E-state index in [1.807, 2.05) is 24.3 Å². The zero-order chi connectivity index (χ0) is 37.7. The molecule has 0 N–H and O–H groups in total. The minimum absolute atomic E-state index is 0.905. The van der Waals surface area contributed by atoms with Crippen LogP contribution in [-0.2, 0) is 0 Å². The molecule has 2 heterocycles. The van der Waals surface area contributed by atoms with E-state index >= 15 is 0 Å². The van der Waals surface area contributed by atoms with Gasteiger partial charge in [0.1, 0.15) is 22.3 Å². The second kappa shape index (κ2) is 13.6. The summed E-state index contributed by atoms with van der Waals surface area (Å²) in [6.07, 6.45) is 0. The van der Waals surface area contributed by atoms with Crippen LogP contribution >= 0.6 is 0 Å². The topological polar surface area (TPSA) is 29.5 Å². The van der Waals surface area contributed by atoms with Crippen molar-refractivity contribution in [2.24, 2.45) is 0 Å². The first kappa shape index (κ1) is 32.8. The minimum atomic E-state index is 0.905. The molecule has 0 fully saturated rings. The standard InChI is InChI=1S/C54H35NO2/c1-2-18-44(19-3-1)55(45-20-10-16-40(32-45)36-12-8-14-38(30-36)42-26-28-53-49(34-42)47-22-4-6-24-51(47)56-53)46-21-11-17-41(33-46)37-13-9-15-39(31-37)43-27-29-54-50(35-43)48-23-5-7-25-52(48)57-54/h1-35H. The van der Waals surface area contributed by atoms with E-state index in [0.717, 1.165) is 105 Å². The van der Waals surface area contributed by atoms with Crippen LogP contribution in [0, 0.1) is 0 Å². The normalized spacial score (nSPS) is 11.5. The van der Waals surface area contributed by atoms with Crippen LogP contribution in [0.5, 0.6) is 0 Å². The van der Waals surface area contributed by atoms with Crippen molar-refractivity contribution in [1.82, 2.24) is 0 Å². The number of fused-ring (bicyclic) bond motifs is 6. The third-order valence-electron chi connectivity index (χ3n) is 11.0. The van der Waals surface area contributed by atoms with Gasteiger partial charge in [-0.15, -0.1) is 0 Å². The fourth-order valence-corrected chi connectivity index (χ4v) is 8.24. The Morgan fingerprint density at radius 2 is 0.579 bits per heavy atom. The maximum Gasteiger partial charge on any atom is 0.135 e. The van der Waals surface area contributed by atoms with E-state index in [2.05, 4.69) is 193 Å². The van der Waals surface area contributed by atoms with Crippen LogP contribution in [0.4, 0.5) is 17.1 Å². The molecule has 0 unspecified atom stereocenters.